The fourth-order valence-electron chi connectivity index (χ4n) is 4.17. The van der Waals surface area contributed by atoms with Gasteiger partial charge in [0.15, 0.2) is 0 Å². The zero-order chi connectivity index (χ0) is 22.2. The Morgan fingerprint density at radius 3 is 2.53 bits per heavy atom. The highest BCUT2D eigenvalue weighted by Crippen LogP contribution is 2.21. The fourth-order valence-corrected chi connectivity index (χ4v) is 4.17. The number of pyridine rings is 1. The number of aryl methyl sites for hydroxylation is 3. The van der Waals surface area contributed by atoms with Crippen molar-refractivity contribution >= 4 is 22.3 Å². The highest BCUT2D eigenvalue weighted by molar-refractivity contribution is 5.83. The average Bonchev–Trinajstić information content (AvgIpc) is 3.21. The molecule has 0 saturated carbocycles. The molecule has 4 heteroatoms. The first kappa shape index (κ1) is 22.1. The van der Waals surface area contributed by atoms with Crippen molar-refractivity contribution in [2.75, 3.05) is 26.0 Å². The Balaban J connectivity index is 1.26. The maximum Gasteiger partial charge on any atom is 0.0456 e. The molecule has 0 unspecified atom stereocenters. The number of aromatic nitrogens is 2. The third-order valence-corrected chi connectivity index (χ3v) is 5.93. The van der Waals surface area contributed by atoms with Crippen molar-refractivity contribution < 1.29 is 0 Å². The largest absolute Gasteiger partial charge is 0.361 e. The lowest BCUT2D eigenvalue weighted by molar-refractivity contribution is 0.394. The predicted octanol–water partition coefficient (Wildman–Crippen LogP) is 6.37. The molecule has 32 heavy (non-hydrogen) atoms. The lowest BCUT2D eigenvalue weighted by atomic mass is 10.0. The van der Waals surface area contributed by atoms with Crippen LogP contribution in [0.1, 0.15) is 36.1 Å². The van der Waals surface area contributed by atoms with E-state index in [1.165, 1.54) is 34.9 Å². The molecule has 0 aliphatic carbocycles. The van der Waals surface area contributed by atoms with Crippen molar-refractivity contribution in [3.05, 3.63) is 89.9 Å². The van der Waals surface area contributed by atoms with Crippen LogP contribution in [0, 0.1) is 0 Å². The van der Waals surface area contributed by atoms with Crippen LogP contribution in [0.25, 0.3) is 10.9 Å². The van der Waals surface area contributed by atoms with E-state index in [0.717, 1.165) is 49.3 Å². The molecular weight excluding hydrogens is 392 g/mol. The second-order valence-corrected chi connectivity index (χ2v) is 8.83. The lowest BCUT2D eigenvalue weighted by Gasteiger charge is -2.10. The third-order valence-electron chi connectivity index (χ3n) is 5.93. The molecule has 0 bridgehead atoms. The lowest BCUT2D eigenvalue weighted by Crippen LogP contribution is -2.12. The minimum Gasteiger partial charge on any atom is -0.361 e. The Morgan fingerprint density at radius 2 is 1.69 bits per heavy atom. The SMILES string of the molecule is CN(C)CCCCc1cc(Nc2ccc(CCCc3c[nH]c4ccccc34)cc2)ccn1. The number of rotatable bonds is 11. The molecule has 0 aliphatic rings. The summed E-state index contributed by atoms with van der Waals surface area (Å²) >= 11 is 0. The van der Waals surface area contributed by atoms with Gasteiger partial charge in [-0.25, -0.2) is 0 Å². The van der Waals surface area contributed by atoms with Crippen molar-refractivity contribution in [3.8, 4) is 0 Å². The van der Waals surface area contributed by atoms with Crippen LogP contribution < -0.4 is 5.32 Å². The van der Waals surface area contributed by atoms with E-state index in [4.69, 9.17) is 0 Å². The molecule has 0 atom stereocenters. The number of nitrogens with one attached hydrogen (secondary N) is 2. The van der Waals surface area contributed by atoms with E-state index in [9.17, 15) is 0 Å². The summed E-state index contributed by atoms with van der Waals surface area (Å²) in [5.74, 6) is 0. The van der Waals surface area contributed by atoms with Gasteiger partial charge in [-0.15, -0.1) is 0 Å². The summed E-state index contributed by atoms with van der Waals surface area (Å²) in [4.78, 5) is 10.1. The molecule has 0 fully saturated rings. The monoisotopic (exact) mass is 426 g/mol. The maximum atomic E-state index is 4.53. The van der Waals surface area contributed by atoms with Crippen molar-refractivity contribution in [2.45, 2.75) is 38.5 Å². The third kappa shape index (κ3) is 6.21. The number of para-hydroxylation sites is 1. The van der Waals surface area contributed by atoms with Crippen molar-refractivity contribution in [1.29, 1.82) is 0 Å². The van der Waals surface area contributed by atoms with Crippen molar-refractivity contribution in [1.82, 2.24) is 14.9 Å². The van der Waals surface area contributed by atoms with E-state index in [1.807, 2.05) is 12.3 Å². The second-order valence-electron chi connectivity index (χ2n) is 8.83. The molecule has 2 N–H and O–H groups in total. The summed E-state index contributed by atoms with van der Waals surface area (Å²) in [6.45, 7) is 1.13. The van der Waals surface area contributed by atoms with Crippen LogP contribution in [-0.4, -0.2) is 35.5 Å². The average molecular weight is 427 g/mol. The summed E-state index contributed by atoms with van der Waals surface area (Å²) in [6, 6.07) is 21.6. The van der Waals surface area contributed by atoms with Crippen LogP contribution in [0.3, 0.4) is 0 Å². The molecule has 0 aliphatic heterocycles. The number of H-pyrrole nitrogens is 1. The molecule has 4 aromatic rings. The van der Waals surface area contributed by atoms with Gasteiger partial charge < -0.3 is 15.2 Å². The van der Waals surface area contributed by atoms with E-state index in [0.29, 0.717) is 0 Å². The van der Waals surface area contributed by atoms with E-state index in [2.05, 4.69) is 95.1 Å². The Kier molecular flexibility index (Phi) is 7.57. The smallest absolute Gasteiger partial charge is 0.0456 e. The number of unbranched alkanes of at least 4 members (excludes halogenated alkanes) is 1. The Morgan fingerprint density at radius 1 is 0.844 bits per heavy atom. The van der Waals surface area contributed by atoms with Crippen LogP contribution in [0.15, 0.2) is 73.1 Å². The van der Waals surface area contributed by atoms with Crippen molar-refractivity contribution in [2.24, 2.45) is 0 Å². The Labute approximate surface area is 191 Å². The highest BCUT2D eigenvalue weighted by atomic mass is 15.0. The number of hydrogen-bond donors (Lipinski definition) is 2. The highest BCUT2D eigenvalue weighted by Gasteiger charge is 2.04. The molecule has 166 valence electrons. The molecule has 0 amide bonds. The van der Waals surface area contributed by atoms with Gasteiger partial charge in [-0.1, -0.05) is 30.3 Å². The van der Waals surface area contributed by atoms with Gasteiger partial charge in [0, 0.05) is 40.4 Å². The first-order chi connectivity index (χ1) is 15.7. The zero-order valence-electron chi connectivity index (χ0n) is 19.3. The minimum absolute atomic E-state index is 1.03. The van der Waals surface area contributed by atoms with Gasteiger partial charge in [-0.05, 0) is 101 Å². The van der Waals surface area contributed by atoms with Gasteiger partial charge in [0.1, 0.15) is 0 Å². The molecule has 4 rings (SSSR count). The molecule has 0 radical (unpaired) electrons. The first-order valence-electron chi connectivity index (χ1n) is 11.7. The predicted molar refractivity (Wildman–Crippen MR) is 136 cm³/mol. The standard InChI is InChI=1S/C28H34N4/c1-32(2)19-6-5-10-25-20-26(17-18-29-25)31-24-15-13-22(14-16-24)8-7-9-23-21-30-28-12-4-3-11-27(23)28/h3-4,11-18,20-21,30H,5-10,19H2,1-2H3,(H,29,31). The number of benzene rings is 2. The van der Waals surface area contributed by atoms with Gasteiger partial charge >= 0.3 is 0 Å². The summed E-state index contributed by atoms with van der Waals surface area (Å²) in [7, 11) is 4.25. The number of fused-ring (bicyclic) bond motifs is 1. The number of anilines is 2. The molecule has 0 saturated heterocycles. The quantitative estimate of drug-likeness (QED) is 0.274. The van der Waals surface area contributed by atoms with Gasteiger partial charge in [-0.3, -0.25) is 4.98 Å². The fraction of sp³-hybridized carbons (Fsp3) is 0.321. The number of hydrogen-bond acceptors (Lipinski definition) is 3. The van der Waals surface area contributed by atoms with Gasteiger partial charge in [0.05, 0.1) is 0 Å². The van der Waals surface area contributed by atoms with Crippen LogP contribution in [-0.2, 0) is 19.3 Å². The maximum absolute atomic E-state index is 4.53. The summed E-state index contributed by atoms with van der Waals surface area (Å²) in [5.41, 5.74) is 7.40. The van der Waals surface area contributed by atoms with Gasteiger partial charge in [-0.2, -0.15) is 0 Å². The molecular formula is C28H34N4. The summed E-state index contributed by atoms with van der Waals surface area (Å²) in [5, 5.41) is 4.87. The minimum atomic E-state index is 1.03. The van der Waals surface area contributed by atoms with Crippen LogP contribution >= 0.6 is 0 Å². The van der Waals surface area contributed by atoms with Crippen LogP contribution in [0.4, 0.5) is 11.4 Å². The van der Waals surface area contributed by atoms with Crippen LogP contribution in [0.2, 0.25) is 0 Å². The van der Waals surface area contributed by atoms with Gasteiger partial charge in [0.25, 0.3) is 0 Å². The van der Waals surface area contributed by atoms with Crippen LogP contribution in [0.5, 0.6) is 0 Å². The summed E-state index contributed by atoms with van der Waals surface area (Å²) < 4.78 is 0. The molecule has 2 aromatic heterocycles. The zero-order valence-corrected chi connectivity index (χ0v) is 19.3. The van der Waals surface area contributed by atoms with E-state index < -0.39 is 0 Å². The van der Waals surface area contributed by atoms with Crippen molar-refractivity contribution in [3.63, 3.8) is 0 Å². The number of nitrogens with zero attached hydrogens (tertiary/aromatic N) is 2. The first-order valence-corrected chi connectivity index (χ1v) is 11.7. The Hall–Kier alpha value is -3.11. The number of aromatic amines is 1. The normalized spacial score (nSPS) is 11.3. The van der Waals surface area contributed by atoms with E-state index >= 15 is 0 Å². The topological polar surface area (TPSA) is 44.0 Å². The molecule has 0 spiro atoms. The Bertz CT molecular complexity index is 1110. The molecule has 4 nitrogen and oxygen atoms in total. The molecule has 2 aromatic carbocycles. The van der Waals surface area contributed by atoms with E-state index in [-0.39, 0.29) is 0 Å². The molecule has 2 heterocycles. The van der Waals surface area contributed by atoms with E-state index in [1.54, 1.807) is 0 Å². The summed E-state index contributed by atoms with van der Waals surface area (Å²) in [6.07, 6.45) is 10.8. The second kappa shape index (κ2) is 11.0. The van der Waals surface area contributed by atoms with Gasteiger partial charge in [0.2, 0.25) is 0 Å².